The number of alkyl halides is 12. The fraction of sp³-hybridized carbons (Fsp3) is 0.571. The molecule has 0 N–H and O–H groups in total. The lowest BCUT2D eigenvalue weighted by molar-refractivity contribution is -0.157. The third-order valence-electron chi connectivity index (χ3n) is 33.1. The average Bonchev–Trinajstić information content (AvgIpc) is 1.48. The van der Waals surface area contributed by atoms with Gasteiger partial charge in [0.1, 0.15) is 67.4 Å². The van der Waals surface area contributed by atoms with E-state index in [-0.39, 0.29) is 130 Å². The molecule has 0 aliphatic carbocycles. The summed E-state index contributed by atoms with van der Waals surface area (Å²) in [5, 5.41) is 16.0. The highest BCUT2D eigenvalue weighted by molar-refractivity contribution is 5.90. The van der Waals surface area contributed by atoms with Gasteiger partial charge >= 0.3 is 0 Å². The summed E-state index contributed by atoms with van der Waals surface area (Å²) in [6.45, 7) is 22.5. The molecule has 4 aromatic heterocycles. The van der Waals surface area contributed by atoms with E-state index in [0.29, 0.717) is 92.6 Å². The Morgan fingerprint density at radius 1 is 0.308 bits per heavy atom. The van der Waals surface area contributed by atoms with E-state index in [9.17, 15) is 113 Å². The van der Waals surface area contributed by atoms with Crippen molar-refractivity contribution >= 4 is 41.4 Å². The van der Waals surface area contributed by atoms with Crippen LogP contribution in [0, 0.1) is 86.7 Å². The second-order valence-electron chi connectivity index (χ2n) is 41.9. The van der Waals surface area contributed by atoms with Gasteiger partial charge in [0.05, 0.1) is 60.1 Å². The predicted molar refractivity (Wildman–Crippen MR) is 500 cm³/mol. The number of carbonyl (C=O) groups excluding carboxylic acids is 7. The normalized spacial score (nSPS) is 30.5. The molecule has 0 bridgehead atoms. The van der Waals surface area contributed by atoms with Crippen molar-refractivity contribution in [3.63, 3.8) is 0 Å². The number of hydrogen-bond acceptors (Lipinski definition) is 16. The van der Waals surface area contributed by atoms with Crippen LogP contribution in [0.25, 0.3) is 0 Å². The van der Waals surface area contributed by atoms with Gasteiger partial charge in [0.25, 0.3) is 61.2 Å². The molecule has 41 heteroatoms. The van der Waals surface area contributed by atoms with Crippen LogP contribution in [0.1, 0.15) is 264 Å². The highest BCUT2D eigenvalue weighted by Crippen LogP contribution is 2.59. The number of benzene rings is 3. The average molecular weight is 2060 g/mol. The fourth-order valence-corrected chi connectivity index (χ4v) is 23.8. The molecule has 23 nitrogen and oxygen atoms in total. The summed E-state index contributed by atoms with van der Waals surface area (Å²) in [7, 11) is 0. The van der Waals surface area contributed by atoms with Gasteiger partial charge in [0.2, 0.25) is 17.7 Å². The topological polar surface area (TPSA) is 210 Å². The van der Waals surface area contributed by atoms with Crippen LogP contribution in [0.15, 0.2) is 141 Å². The van der Waals surface area contributed by atoms with E-state index >= 15 is 0 Å². The maximum absolute atomic E-state index is 13.9. The van der Waals surface area contributed by atoms with Crippen LogP contribution in [-0.2, 0) is 33.6 Å². The van der Waals surface area contributed by atoms with Crippen LogP contribution >= 0.6 is 0 Å². The van der Waals surface area contributed by atoms with Gasteiger partial charge in [-0.25, -0.2) is 104 Å². The molecule has 14 aliphatic heterocycles. The molecule has 14 aliphatic rings. The SMILES string of the molecule is CCC1(C(F)F)CN2CC[C@@H](c3cncc(F)c3)N2C1=O.CCC1(C(F)F)CN2CC[C@H](c3cncc(F)c3)N2C1=O.CCC1(C)CN2CC[C@@H](c3cc(F)cc(F)c3)N2C1=O.CC[C@]1(C(F)F)CN2CC[C@@H](c3cccc(F)c3)N2C1=O.CC[C@]1(C(F)F)CN2CC[C@H](c3cccc(F)c3)N2C1=O.Cc1cncc([C@H]2CC[C@@H]3C[C@@](C)(C(C)(F)F)C(=O)N32)c1.Cc1cncc([C@H]2CC[C@@H]3C[C@](C)(C(C)(F)F)C(=O)N32)c1. The molecule has 0 radical (unpaired) electrons. The van der Waals surface area contributed by atoms with Crippen LogP contribution in [0.2, 0.25) is 0 Å². The summed E-state index contributed by atoms with van der Waals surface area (Å²) >= 11 is 0. The molecule has 14 fully saturated rings. The molecule has 146 heavy (non-hydrogen) atoms. The van der Waals surface area contributed by atoms with Crippen molar-refractivity contribution in [2.45, 2.75) is 278 Å². The molecule has 14 saturated heterocycles. The Morgan fingerprint density at radius 2 is 0.582 bits per heavy atom. The number of rotatable bonds is 18. The van der Waals surface area contributed by atoms with Gasteiger partial charge in [-0.05, 0) is 236 Å². The Labute approximate surface area is 836 Å². The maximum Gasteiger partial charge on any atom is 0.259 e. The second kappa shape index (κ2) is 42.3. The van der Waals surface area contributed by atoms with E-state index in [1.54, 1.807) is 112 Å². The molecule has 0 spiro atoms. The Morgan fingerprint density at radius 3 is 0.863 bits per heavy atom. The van der Waals surface area contributed by atoms with Gasteiger partial charge < -0.3 is 9.80 Å². The third-order valence-corrected chi connectivity index (χ3v) is 33.1. The van der Waals surface area contributed by atoms with E-state index in [4.69, 9.17) is 0 Å². The van der Waals surface area contributed by atoms with Gasteiger partial charge in [-0.2, -0.15) is 0 Å². The lowest BCUT2D eigenvalue weighted by Gasteiger charge is -2.31. The molecule has 3 unspecified atom stereocenters. The first-order valence-electron chi connectivity index (χ1n) is 49.9. The third kappa shape index (κ3) is 19.8. The minimum absolute atomic E-state index is 0.0270. The van der Waals surface area contributed by atoms with Crippen LogP contribution < -0.4 is 0 Å². The Hall–Kier alpha value is -10.9. The standard InChI is InChI=1S/2C16H20F2N2O.2C15H17F3N2O.C15H18F2N2O.2C14H16F3N3O/c2*1-10-6-11(9-19-8-10)13-5-4-12-7-15(2,16(3,17)18)14(21)20(12)13;2*1-2-15(13(17)18)9-19-7-6-12(20(19)14(15)21)10-4-3-5-11(16)8-10;1-3-15(2)9-18-5-4-13(19(18)14(15)20)10-6-11(16)8-12(17)7-10;2*1-2-14(12(16)17)8-19-4-3-11(20(19)13(14)21)9-5-10(15)7-18-6-9/h2*6,8-9,12-13H,4-5,7H2,1-3H3;2*3-5,8,12-13H,2,6-7,9H2,1H3;6-8,13H,3-5,9H2,1-2H3;2*5-7,11-12H,2-4,8H2,1H3/t12-,13-,15+;12-,13-,15-;12-,15+;12-,15-;13-,15?;2*11-,14?/m1101010/s1. The smallest absolute Gasteiger partial charge is 0.259 e. The summed E-state index contributed by atoms with van der Waals surface area (Å²) in [6, 6.07) is 20.0. The predicted octanol–water partition coefficient (Wildman–Crippen LogP) is 20.6. The first-order valence-corrected chi connectivity index (χ1v) is 49.9. The van der Waals surface area contributed by atoms with Gasteiger partial charge in [-0.15, -0.1) is 0 Å². The molecule has 7 amide bonds. The van der Waals surface area contributed by atoms with Crippen LogP contribution in [0.4, 0.5) is 79.0 Å². The number of hydrogen-bond donors (Lipinski definition) is 0. The number of amides is 7. The van der Waals surface area contributed by atoms with Crippen molar-refractivity contribution in [2.24, 2.45) is 37.9 Å². The molecule has 16 atom stereocenters. The Bertz CT molecular complexity index is 5230. The Balaban J connectivity index is 0.000000128. The minimum Gasteiger partial charge on any atom is -0.332 e. The van der Waals surface area contributed by atoms with Gasteiger partial charge in [-0.1, -0.05) is 71.0 Å². The Kier molecular flexibility index (Phi) is 31.6. The van der Waals surface area contributed by atoms with E-state index < -0.39 is 141 Å². The van der Waals surface area contributed by atoms with Gasteiger partial charge in [0.15, 0.2) is 0 Å². The molecule has 7 aromatic rings. The molecule has 3 aromatic carbocycles. The largest absolute Gasteiger partial charge is 0.332 e. The maximum atomic E-state index is 13.9. The first-order chi connectivity index (χ1) is 68.9. The van der Waals surface area contributed by atoms with Gasteiger partial charge in [-0.3, -0.25) is 78.5 Å². The van der Waals surface area contributed by atoms with Crippen molar-refractivity contribution in [3.8, 4) is 0 Å². The summed E-state index contributed by atoms with van der Waals surface area (Å²) in [4.78, 5) is 107. The molecule has 0 saturated carbocycles. The summed E-state index contributed by atoms with van der Waals surface area (Å²) < 4.78 is 243. The van der Waals surface area contributed by atoms with E-state index in [1.165, 1.54) is 94.8 Å². The summed E-state index contributed by atoms with van der Waals surface area (Å²) in [6.07, 6.45) is 9.40. The van der Waals surface area contributed by atoms with Gasteiger partial charge in [0, 0.05) is 135 Å². The summed E-state index contributed by atoms with van der Waals surface area (Å²) in [5.74, 6) is -11.9. The highest BCUT2D eigenvalue weighted by Gasteiger charge is 2.68. The second-order valence-corrected chi connectivity index (χ2v) is 41.9. The zero-order chi connectivity index (χ0) is 106. The molecule has 18 heterocycles. The van der Waals surface area contributed by atoms with Crippen molar-refractivity contribution in [1.82, 2.24) is 79.8 Å². The molecule has 21 rings (SSSR count). The zero-order valence-corrected chi connectivity index (χ0v) is 83.5. The highest BCUT2D eigenvalue weighted by atomic mass is 19.3. The quantitative estimate of drug-likeness (QED) is 0.0731. The molecular weight excluding hydrogens is 1940 g/mol. The number of halogens is 18. The van der Waals surface area contributed by atoms with Crippen LogP contribution in [-0.4, -0.2) is 236 Å². The lowest BCUT2D eigenvalue weighted by atomic mass is 9.80. The van der Waals surface area contributed by atoms with Crippen molar-refractivity contribution in [1.29, 1.82) is 0 Å². The molecule has 792 valence electrons. The number of nitrogens with zero attached hydrogens (tertiary/aromatic N) is 16. The number of pyridine rings is 4. The lowest BCUT2D eigenvalue weighted by Crippen LogP contribution is -2.44. The van der Waals surface area contributed by atoms with Crippen LogP contribution in [0.3, 0.4) is 0 Å². The van der Waals surface area contributed by atoms with Crippen molar-refractivity contribution in [3.05, 3.63) is 226 Å². The van der Waals surface area contributed by atoms with Crippen LogP contribution in [0.5, 0.6) is 0 Å². The van der Waals surface area contributed by atoms with E-state index in [2.05, 4.69) is 19.9 Å². The summed E-state index contributed by atoms with van der Waals surface area (Å²) in [5.41, 5.74) is -3.15. The number of aryl methyl sites for hydroxylation is 2. The zero-order valence-electron chi connectivity index (χ0n) is 83.5. The first kappa shape index (κ1) is 109. The monoisotopic (exact) mass is 2060 g/mol. The van der Waals surface area contributed by atoms with E-state index in [1.807, 2.05) is 44.8 Å². The number of hydrazine groups is 5. The van der Waals surface area contributed by atoms with E-state index in [0.717, 1.165) is 93.2 Å². The van der Waals surface area contributed by atoms with Crippen molar-refractivity contribution < 1.29 is 113 Å². The molecular formula is C105H124F18N16O7. The number of carbonyl (C=O) groups is 7. The minimum atomic E-state index is -3.00. The number of aromatic nitrogens is 4. The van der Waals surface area contributed by atoms with Crippen molar-refractivity contribution in [2.75, 3.05) is 65.4 Å². The number of fused-ring (bicyclic) bond motifs is 7. The fourth-order valence-electron chi connectivity index (χ4n) is 23.8.